The summed E-state index contributed by atoms with van der Waals surface area (Å²) < 4.78 is 43.6. The van der Waals surface area contributed by atoms with Crippen molar-refractivity contribution in [3.8, 4) is 40.5 Å². The molecule has 0 aliphatic heterocycles. The molecule has 0 atom stereocenters. The molecule has 0 saturated carbocycles. The van der Waals surface area contributed by atoms with Crippen molar-refractivity contribution in [1.29, 1.82) is 5.26 Å². The fraction of sp³-hybridized carbons (Fsp3) is 0.100. The molecular weight excluding hydrogens is 354 g/mol. The third-order valence-electron chi connectivity index (χ3n) is 3.74. The van der Waals surface area contributed by atoms with Crippen molar-refractivity contribution in [2.45, 2.75) is 0 Å². The molecule has 3 aromatic rings. The lowest BCUT2D eigenvalue weighted by molar-refractivity contribution is 0.380. The minimum atomic E-state index is -0.600. The summed E-state index contributed by atoms with van der Waals surface area (Å²) in [6.07, 6.45) is 0. The number of benzene rings is 2. The molecule has 1 heterocycles. The molecule has 0 aliphatic rings. The summed E-state index contributed by atoms with van der Waals surface area (Å²) >= 11 is 0. The van der Waals surface area contributed by atoms with Gasteiger partial charge in [0, 0.05) is 17.7 Å². The summed E-state index contributed by atoms with van der Waals surface area (Å²) in [5.41, 5.74) is 0.591. The van der Waals surface area contributed by atoms with E-state index in [9.17, 15) is 14.0 Å². The van der Waals surface area contributed by atoms with Crippen LogP contribution in [-0.2, 0) is 0 Å². The highest BCUT2D eigenvalue weighted by molar-refractivity contribution is 5.64. The Hall–Kier alpha value is -3.66. The number of hydrogen-bond acceptors (Lipinski definition) is 5. The van der Waals surface area contributed by atoms with E-state index in [1.165, 1.54) is 56.7 Å². The molecular formula is C20H14F2N2O3. The average Bonchev–Trinajstić information content (AvgIpc) is 2.69. The van der Waals surface area contributed by atoms with Crippen LogP contribution >= 0.6 is 0 Å². The second kappa shape index (κ2) is 7.70. The molecule has 3 rings (SSSR count). The number of nitriles is 1. The highest BCUT2D eigenvalue weighted by Gasteiger charge is 2.14. The predicted octanol–water partition coefficient (Wildman–Crippen LogP) is 4.71. The summed E-state index contributed by atoms with van der Waals surface area (Å²) in [5, 5.41) is 9.27. The van der Waals surface area contributed by atoms with Crippen LogP contribution in [0, 0.1) is 23.0 Å². The molecule has 0 radical (unpaired) electrons. The number of aromatic nitrogens is 1. The molecule has 0 N–H and O–H groups in total. The molecule has 0 aliphatic carbocycles. The standard InChI is InChI=1S/C20H14F2N2O3/c1-25-17-5-3-4-14(20(17)22)16-8-12(11-23)9-19(24-16)27-13-6-7-15(21)18(10-13)26-2/h3-10H,1-2H3. The van der Waals surface area contributed by atoms with Crippen LogP contribution in [0.4, 0.5) is 8.78 Å². The van der Waals surface area contributed by atoms with Gasteiger partial charge in [-0.15, -0.1) is 0 Å². The van der Waals surface area contributed by atoms with Gasteiger partial charge in [0.15, 0.2) is 23.1 Å². The number of halogens is 2. The Morgan fingerprint density at radius 2 is 1.74 bits per heavy atom. The van der Waals surface area contributed by atoms with Gasteiger partial charge in [0.05, 0.1) is 31.5 Å². The van der Waals surface area contributed by atoms with Crippen molar-refractivity contribution < 1.29 is 23.0 Å². The molecule has 1 aromatic heterocycles. The van der Waals surface area contributed by atoms with E-state index < -0.39 is 11.6 Å². The Morgan fingerprint density at radius 3 is 2.44 bits per heavy atom. The summed E-state index contributed by atoms with van der Waals surface area (Å²) in [7, 11) is 2.69. The maximum absolute atomic E-state index is 14.5. The largest absolute Gasteiger partial charge is 0.494 e. The van der Waals surface area contributed by atoms with Crippen LogP contribution in [0.3, 0.4) is 0 Å². The Kier molecular flexibility index (Phi) is 5.18. The summed E-state index contributed by atoms with van der Waals surface area (Å²) in [4.78, 5) is 4.26. The number of methoxy groups -OCH3 is 2. The van der Waals surface area contributed by atoms with E-state index in [0.717, 1.165) is 0 Å². The molecule has 136 valence electrons. The number of pyridine rings is 1. The number of nitrogens with zero attached hydrogens (tertiary/aromatic N) is 2. The van der Waals surface area contributed by atoms with Gasteiger partial charge >= 0.3 is 0 Å². The van der Waals surface area contributed by atoms with Gasteiger partial charge in [-0.3, -0.25) is 0 Å². The van der Waals surface area contributed by atoms with Crippen LogP contribution in [0.15, 0.2) is 48.5 Å². The van der Waals surface area contributed by atoms with E-state index in [4.69, 9.17) is 14.2 Å². The van der Waals surface area contributed by atoms with Gasteiger partial charge < -0.3 is 14.2 Å². The highest BCUT2D eigenvalue weighted by Crippen LogP contribution is 2.32. The summed E-state index contributed by atoms with van der Waals surface area (Å²) in [6, 6.07) is 13.4. The predicted molar refractivity (Wildman–Crippen MR) is 93.9 cm³/mol. The van der Waals surface area contributed by atoms with Gasteiger partial charge in [-0.2, -0.15) is 5.26 Å². The molecule has 0 fully saturated rings. The zero-order valence-electron chi connectivity index (χ0n) is 14.5. The van der Waals surface area contributed by atoms with Gasteiger partial charge in [0.25, 0.3) is 0 Å². The number of rotatable bonds is 5. The molecule has 5 nitrogen and oxygen atoms in total. The second-order valence-corrected chi connectivity index (χ2v) is 5.41. The molecule has 0 spiro atoms. The van der Waals surface area contributed by atoms with Crippen LogP contribution in [0.25, 0.3) is 11.3 Å². The van der Waals surface area contributed by atoms with Crippen LogP contribution < -0.4 is 14.2 Å². The first kappa shape index (κ1) is 18.1. The van der Waals surface area contributed by atoms with Crippen molar-refractivity contribution in [1.82, 2.24) is 4.98 Å². The zero-order valence-corrected chi connectivity index (χ0v) is 14.5. The zero-order chi connectivity index (χ0) is 19.4. The van der Waals surface area contributed by atoms with E-state index in [2.05, 4.69) is 4.98 Å². The highest BCUT2D eigenvalue weighted by atomic mass is 19.1. The van der Waals surface area contributed by atoms with Crippen LogP contribution in [0.1, 0.15) is 5.56 Å². The molecule has 0 bridgehead atoms. The van der Waals surface area contributed by atoms with E-state index in [-0.39, 0.29) is 39.9 Å². The van der Waals surface area contributed by atoms with E-state index >= 15 is 0 Å². The summed E-state index contributed by atoms with van der Waals surface area (Å²) in [5.74, 6) is -0.766. The molecule has 0 amide bonds. The van der Waals surface area contributed by atoms with Gasteiger partial charge in [0.2, 0.25) is 5.88 Å². The van der Waals surface area contributed by atoms with E-state index in [1.54, 1.807) is 6.07 Å². The monoisotopic (exact) mass is 368 g/mol. The number of hydrogen-bond donors (Lipinski definition) is 0. The topological polar surface area (TPSA) is 64.4 Å². The Morgan fingerprint density at radius 1 is 0.963 bits per heavy atom. The molecule has 7 heteroatoms. The van der Waals surface area contributed by atoms with Crippen LogP contribution in [0.2, 0.25) is 0 Å². The molecule has 27 heavy (non-hydrogen) atoms. The van der Waals surface area contributed by atoms with Crippen LogP contribution in [-0.4, -0.2) is 19.2 Å². The maximum Gasteiger partial charge on any atom is 0.221 e. The van der Waals surface area contributed by atoms with Gasteiger partial charge in [-0.25, -0.2) is 13.8 Å². The van der Waals surface area contributed by atoms with Crippen molar-refractivity contribution in [3.05, 3.63) is 65.7 Å². The van der Waals surface area contributed by atoms with Gasteiger partial charge in [0.1, 0.15) is 5.75 Å². The van der Waals surface area contributed by atoms with E-state index in [0.29, 0.717) is 0 Å². The maximum atomic E-state index is 14.5. The van der Waals surface area contributed by atoms with Gasteiger partial charge in [-0.05, 0) is 30.3 Å². The first-order valence-corrected chi connectivity index (χ1v) is 7.82. The fourth-order valence-corrected chi connectivity index (χ4v) is 2.45. The molecule has 0 unspecified atom stereocenters. The Bertz CT molecular complexity index is 1030. The summed E-state index contributed by atoms with van der Waals surface area (Å²) in [6.45, 7) is 0. The molecule has 2 aromatic carbocycles. The first-order valence-electron chi connectivity index (χ1n) is 7.82. The fourth-order valence-electron chi connectivity index (χ4n) is 2.45. The van der Waals surface area contributed by atoms with E-state index in [1.807, 2.05) is 6.07 Å². The second-order valence-electron chi connectivity index (χ2n) is 5.41. The average molecular weight is 368 g/mol. The molecule has 0 saturated heterocycles. The quantitative estimate of drug-likeness (QED) is 0.653. The Labute approximate surface area is 154 Å². The van der Waals surface area contributed by atoms with Crippen molar-refractivity contribution >= 4 is 0 Å². The van der Waals surface area contributed by atoms with Crippen molar-refractivity contribution in [2.24, 2.45) is 0 Å². The third-order valence-corrected chi connectivity index (χ3v) is 3.74. The third kappa shape index (κ3) is 3.80. The lowest BCUT2D eigenvalue weighted by Gasteiger charge is -2.11. The lowest BCUT2D eigenvalue weighted by atomic mass is 10.1. The lowest BCUT2D eigenvalue weighted by Crippen LogP contribution is -1.96. The minimum Gasteiger partial charge on any atom is -0.494 e. The SMILES string of the molecule is COc1cc(Oc2cc(C#N)cc(-c3cccc(OC)c3F)n2)ccc1F. The minimum absolute atomic E-state index is 0.00278. The van der Waals surface area contributed by atoms with Crippen molar-refractivity contribution in [3.63, 3.8) is 0 Å². The normalized spacial score (nSPS) is 10.2. The Balaban J connectivity index is 2.04. The first-order chi connectivity index (χ1) is 13.0. The van der Waals surface area contributed by atoms with Crippen molar-refractivity contribution in [2.75, 3.05) is 14.2 Å². The number of ether oxygens (including phenoxy) is 3. The van der Waals surface area contributed by atoms with Gasteiger partial charge in [-0.1, -0.05) is 6.07 Å². The van der Waals surface area contributed by atoms with Crippen LogP contribution in [0.5, 0.6) is 23.1 Å². The smallest absolute Gasteiger partial charge is 0.221 e.